The lowest BCUT2D eigenvalue weighted by atomic mass is 10.2. The van der Waals surface area contributed by atoms with Crippen LogP contribution in [0.15, 0.2) is 0 Å². The maximum atomic E-state index is 11.1. The maximum Gasteiger partial charge on any atom is 0.320 e. The van der Waals surface area contributed by atoms with E-state index in [2.05, 4.69) is 5.32 Å². The van der Waals surface area contributed by atoms with Crippen molar-refractivity contribution in [2.45, 2.75) is 39.3 Å². The van der Waals surface area contributed by atoms with Crippen molar-refractivity contribution < 1.29 is 14.6 Å². The molecule has 0 bridgehead atoms. The van der Waals surface area contributed by atoms with E-state index in [0.29, 0.717) is 0 Å². The second kappa shape index (κ2) is 5.19. The predicted molar refractivity (Wildman–Crippen MR) is 50.4 cm³/mol. The molecule has 4 nitrogen and oxygen atoms in total. The number of carbonyl (C=O) groups is 1. The fraction of sp³-hybridized carbons (Fsp3) is 0.889. The molecule has 0 aliphatic heterocycles. The Morgan fingerprint density at radius 1 is 1.54 bits per heavy atom. The van der Waals surface area contributed by atoms with Crippen LogP contribution in [-0.2, 0) is 9.53 Å². The molecule has 0 rings (SSSR count). The van der Waals surface area contributed by atoms with Crippen LogP contribution in [0.5, 0.6) is 0 Å². The second-order valence-electron chi connectivity index (χ2n) is 4.05. The monoisotopic (exact) mass is 189 g/mol. The smallest absolute Gasteiger partial charge is 0.320 e. The molecule has 78 valence electrons. The second-order valence-corrected chi connectivity index (χ2v) is 4.05. The molecule has 0 aromatic rings. The van der Waals surface area contributed by atoms with Crippen LogP contribution in [0, 0.1) is 0 Å². The fourth-order valence-corrected chi connectivity index (χ4v) is 0.700. The third-order valence-corrected chi connectivity index (χ3v) is 1.29. The lowest BCUT2D eigenvalue weighted by Gasteiger charge is -2.20. The van der Waals surface area contributed by atoms with Crippen LogP contribution in [0.1, 0.15) is 27.7 Å². The third-order valence-electron chi connectivity index (χ3n) is 1.29. The molecule has 1 atom stereocenters. The van der Waals surface area contributed by atoms with Gasteiger partial charge in [0, 0.05) is 6.04 Å². The number of esters is 1. The van der Waals surface area contributed by atoms with Crippen LogP contribution in [0.2, 0.25) is 0 Å². The minimum absolute atomic E-state index is 0.0167. The molecular formula is C9H19NO3. The van der Waals surface area contributed by atoms with Crippen molar-refractivity contribution in [1.82, 2.24) is 5.32 Å². The summed E-state index contributed by atoms with van der Waals surface area (Å²) in [5.41, 5.74) is -0.443. The molecule has 0 amide bonds. The van der Waals surface area contributed by atoms with Crippen LogP contribution in [0.4, 0.5) is 0 Å². The number of nitrogens with one attached hydrogen (secondary N) is 1. The standard InChI is InChI=1S/C9H19NO3/c1-7(6-11)10-5-8(12)13-9(2,3)4/h7,10-11H,5-6H2,1-4H3/t7-/m0/s1. The predicted octanol–water partition coefficient (Wildman–Crippen LogP) is 0.298. The Morgan fingerprint density at radius 2 is 2.08 bits per heavy atom. The fourth-order valence-electron chi connectivity index (χ4n) is 0.700. The number of aliphatic hydroxyl groups is 1. The van der Waals surface area contributed by atoms with E-state index in [1.165, 1.54) is 0 Å². The van der Waals surface area contributed by atoms with Gasteiger partial charge in [-0.1, -0.05) is 0 Å². The molecule has 0 aromatic carbocycles. The molecular weight excluding hydrogens is 170 g/mol. The Balaban J connectivity index is 3.64. The first-order valence-electron chi connectivity index (χ1n) is 4.41. The van der Waals surface area contributed by atoms with Gasteiger partial charge < -0.3 is 15.2 Å². The van der Waals surface area contributed by atoms with E-state index in [1.807, 2.05) is 20.8 Å². The number of aliphatic hydroxyl groups excluding tert-OH is 1. The van der Waals surface area contributed by atoms with Crippen molar-refractivity contribution in [2.24, 2.45) is 0 Å². The van der Waals surface area contributed by atoms with Gasteiger partial charge in [0.25, 0.3) is 0 Å². The Morgan fingerprint density at radius 3 is 2.46 bits per heavy atom. The Hall–Kier alpha value is -0.610. The van der Waals surface area contributed by atoms with E-state index in [-0.39, 0.29) is 25.2 Å². The number of hydrogen-bond donors (Lipinski definition) is 2. The summed E-state index contributed by atoms with van der Waals surface area (Å²) < 4.78 is 5.05. The molecule has 0 aromatic heterocycles. The molecule has 0 radical (unpaired) electrons. The van der Waals surface area contributed by atoms with E-state index in [9.17, 15) is 4.79 Å². The van der Waals surface area contributed by atoms with Gasteiger partial charge in [-0.3, -0.25) is 4.79 Å². The molecule has 0 unspecified atom stereocenters. The van der Waals surface area contributed by atoms with Gasteiger partial charge in [-0.15, -0.1) is 0 Å². The molecule has 0 aliphatic rings. The highest BCUT2D eigenvalue weighted by atomic mass is 16.6. The molecule has 0 saturated carbocycles. The summed E-state index contributed by atoms with van der Waals surface area (Å²) in [7, 11) is 0. The Kier molecular flexibility index (Phi) is 4.95. The Bertz CT molecular complexity index is 163. The molecule has 0 aliphatic carbocycles. The highest BCUT2D eigenvalue weighted by Gasteiger charge is 2.16. The summed E-state index contributed by atoms with van der Waals surface area (Å²) >= 11 is 0. The van der Waals surface area contributed by atoms with Gasteiger partial charge in [-0.05, 0) is 27.7 Å². The minimum atomic E-state index is -0.443. The minimum Gasteiger partial charge on any atom is -0.459 e. The van der Waals surface area contributed by atoms with Gasteiger partial charge in [-0.2, -0.15) is 0 Å². The highest BCUT2D eigenvalue weighted by molar-refractivity contribution is 5.72. The van der Waals surface area contributed by atoms with E-state index in [0.717, 1.165) is 0 Å². The third kappa shape index (κ3) is 7.74. The lowest BCUT2D eigenvalue weighted by Crippen LogP contribution is -2.37. The van der Waals surface area contributed by atoms with E-state index in [4.69, 9.17) is 9.84 Å². The molecule has 0 fully saturated rings. The van der Waals surface area contributed by atoms with Crippen LogP contribution in [0.25, 0.3) is 0 Å². The quantitative estimate of drug-likeness (QED) is 0.624. The average Bonchev–Trinajstić information content (AvgIpc) is 1.97. The zero-order valence-corrected chi connectivity index (χ0v) is 8.76. The van der Waals surface area contributed by atoms with Gasteiger partial charge in [0.2, 0.25) is 0 Å². The molecule has 0 saturated heterocycles. The van der Waals surface area contributed by atoms with Crippen molar-refractivity contribution in [1.29, 1.82) is 0 Å². The SMILES string of the molecule is C[C@@H](CO)NCC(=O)OC(C)(C)C. The zero-order valence-electron chi connectivity index (χ0n) is 8.76. The van der Waals surface area contributed by atoms with Crippen LogP contribution >= 0.6 is 0 Å². The largest absolute Gasteiger partial charge is 0.459 e. The summed E-state index contributed by atoms with van der Waals surface area (Å²) in [5, 5.41) is 11.5. The van der Waals surface area contributed by atoms with Crippen molar-refractivity contribution >= 4 is 5.97 Å². The van der Waals surface area contributed by atoms with Crippen LogP contribution in [-0.4, -0.2) is 35.9 Å². The van der Waals surface area contributed by atoms with Gasteiger partial charge in [0.05, 0.1) is 13.2 Å². The van der Waals surface area contributed by atoms with Crippen molar-refractivity contribution in [3.05, 3.63) is 0 Å². The van der Waals surface area contributed by atoms with Crippen molar-refractivity contribution in [3.63, 3.8) is 0 Å². The van der Waals surface area contributed by atoms with Crippen molar-refractivity contribution in [3.8, 4) is 0 Å². The first kappa shape index (κ1) is 12.4. The molecule has 13 heavy (non-hydrogen) atoms. The number of rotatable bonds is 4. The Labute approximate surface area is 79.3 Å². The summed E-state index contributed by atoms with van der Waals surface area (Å²) in [6.07, 6.45) is 0. The van der Waals surface area contributed by atoms with E-state index in [1.54, 1.807) is 6.92 Å². The van der Waals surface area contributed by atoms with Crippen LogP contribution in [0.3, 0.4) is 0 Å². The van der Waals surface area contributed by atoms with Gasteiger partial charge in [-0.25, -0.2) is 0 Å². The van der Waals surface area contributed by atoms with E-state index < -0.39 is 5.60 Å². The van der Waals surface area contributed by atoms with E-state index >= 15 is 0 Å². The van der Waals surface area contributed by atoms with Crippen molar-refractivity contribution in [2.75, 3.05) is 13.2 Å². The zero-order chi connectivity index (χ0) is 10.5. The maximum absolute atomic E-state index is 11.1. The van der Waals surface area contributed by atoms with Gasteiger partial charge in [0.15, 0.2) is 0 Å². The average molecular weight is 189 g/mol. The topological polar surface area (TPSA) is 58.6 Å². The van der Waals surface area contributed by atoms with Crippen LogP contribution < -0.4 is 5.32 Å². The number of hydrogen-bond acceptors (Lipinski definition) is 4. The molecule has 0 spiro atoms. The normalized spacial score (nSPS) is 13.9. The van der Waals surface area contributed by atoms with Gasteiger partial charge in [0.1, 0.15) is 5.60 Å². The number of carbonyl (C=O) groups excluding carboxylic acids is 1. The first-order valence-corrected chi connectivity index (χ1v) is 4.41. The first-order chi connectivity index (χ1) is 5.85. The molecule has 0 heterocycles. The van der Waals surface area contributed by atoms with Gasteiger partial charge >= 0.3 is 5.97 Å². The summed E-state index contributed by atoms with van der Waals surface area (Å²) in [5.74, 6) is -0.298. The number of ether oxygens (including phenoxy) is 1. The summed E-state index contributed by atoms with van der Waals surface area (Å²) in [6.45, 7) is 7.41. The summed E-state index contributed by atoms with van der Waals surface area (Å²) in [6, 6.07) is -0.0764. The summed E-state index contributed by atoms with van der Waals surface area (Å²) in [4.78, 5) is 11.1. The molecule has 4 heteroatoms. The lowest BCUT2D eigenvalue weighted by molar-refractivity contribution is -0.153. The molecule has 2 N–H and O–H groups in total. The highest BCUT2D eigenvalue weighted by Crippen LogP contribution is 2.06.